The van der Waals surface area contributed by atoms with E-state index in [-0.39, 0.29) is 19.6 Å². The fraction of sp³-hybridized carbons (Fsp3) is 0.667. The Bertz CT molecular complexity index is 176. The molecule has 0 atom stereocenters. The topological polar surface area (TPSA) is 138 Å². The Kier molecular flexibility index (Phi) is 3.98. The minimum atomic E-state index is -1.69. The van der Waals surface area contributed by atoms with E-state index in [1.54, 1.807) is 0 Å². The molecule has 0 spiro atoms. The fourth-order valence-electron chi connectivity index (χ4n) is 0.747. The number of nitrogens with two attached hydrogens (primary N) is 4. The predicted octanol–water partition coefficient (Wildman–Crippen LogP) is -3.30. The van der Waals surface area contributed by atoms with Gasteiger partial charge in [0.25, 0.3) is 0 Å². The lowest BCUT2D eigenvalue weighted by Gasteiger charge is -2.22. The van der Waals surface area contributed by atoms with Crippen LogP contribution in [0.1, 0.15) is 0 Å². The van der Waals surface area contributed by atoms with Crippen LogP contribution in [0.5, 0.6) is 0 Å². The highest BCUT2D eigenvalue weighted by molar-refractivity contribution is 6.13. The van der Waals surface area contributed by atoms with Gasteiger partial charge in [0.2, 0.25) is 0 Å². The predicted molar refractivity (Wildman–Crippen MR) is 44.1 cm³/mol. The van der Waals surface area contributed by atoms with Gasteiger partial charge in [-0.2, -0.15) is 0 Å². The van der Waals surface area contributed by atoms with E-state index >= 15 is 0 Å². The van der Waals surface area contributed by atoms with E-state index in [4.69, 9.17) is 22.9 Å². The lowest BCUT2D eigenvalue weighted by Crippen LogP contribution is -2.63. The Morgan fingerprint density at radius 1 is 1.00 bits per heavy atom. The van der Waals surface area contributed by atoms with Gasteiger partial charge in [-0.05, 0) is 0 Å². The van der Waals surface area contributed by atoms with Crippen molar-refractivity contribution in [2.45, 2.75) is 5.54 Å². The Hall–Kier alpha value is -0.820. The van der Waals surface area contributed by atoms with Crippen LogP contribution in [0.4, 0.5) is 0 Å². The van der Waals surface area contributed by atoms with Crippen LogP contribution in [-0.2, 0) is 9.59 Å². The molecule has 0 saturated heterocycles. The van der Waals surface area contributed by atoms with Gasteiger partial charge in [-0.1, -0.05) is 0 Å². The van der Waals surface area contributed by atoms with Gasteiger partial charge >= 0.3 is 0 Å². The van der Waals surface area contributed by atoms with Crippen molar-refractivity contribution in [2.24, 2.45) is 22.9 Å². The quantitative estimate of drug-likeness (QED) is 0.322. The Morgan fingerprint density at radius 2 is 1.33 bits per heavy atom. The van der Waals surface area contributed by atoms with Crippen LogP contribution < -0.4 is 22.9 Å². The van der Waals surface area contributed by atoms with Gasteiger partial charge in [0, 0.05) is 6.54 Å². The molecule has 0 aromatic carbocycles. The van der Waals surface area contributed by atoms with Crippen molar-refractivity contribution in [3.05, 3.63) is 0 Å². The average Bonchev–Trinajstić information content (AvgIpc) is 2.13. The summed E-state index contributed by atoms with van der Waals surface area (Å²) in [6.45, 7) is -0.877. The molecular formula is C6H14N4O2. The molecule has 0 amide bonds. The van der Waals surface area contributed by atoms with Crippen molar-refractivity contribution >= 4 is 11.6 Å². The first-order valence-electron chi connectivity index (χ1n) is 3.48. The normalized spacial score (nSPS) is 11.3. The zero-order chi connectivity index (χ0) is 9.78. The van der Waals surface area contributed by atoms with Crippen molar-refractivity contribution in [2.75, 3.05) is 19.6 Å². The first-order valence-corrected chi connectivity index (χ1v) is 3.48. The Balaban J connectivity index is 4.66. The molecule has 70 valence electrons. The number of Topliss-reactive ketones (excluding diaryl/α,β-unsaturated/α-hetero) is 2. The minimum absolute atomic E-state index is 0.265. The van der Waals surface area contributed by atoms with Gasteiger partial charge < -0.3 is 22.9 Å². The third-order valence-corrected chi connectivity index (χ3v) is 1.69. The maximum Gasteiger partial charge on any atom is 0.175 e. The fourth-order valence-corrected chi connectivity index (χ4v) is 0.747. The summed E-state index contributed by atoms with van der Waals surface area (Å²) >= 11 is 0. The van der Waals surface area contributed by atoms with E-state index in [2.05, 4.69) is 0 Å². The molecule has 12 heavy (non-hydrogen) atoms. The average molecular weight is 174 g/mol. The number of hydrogen-bond acceptors (Lipinski definition) is 6. The van der Waals surface area contributed by atoms with Crippen molar-refractivity contribution in [3.63, 3.8) is 0 Å². The Morgan fingerprint density at radius 3 is 1.50 bits per heavy atom. The summed E-state index contributed by atoms with van der Waals surface area (Å²) in [6.07, 6.45) is 0. The molecule has 0 aromatic heterocycles. The molecule has 8 N–H and O–H groups in total. The van der Waals surface area contributed by atoms with Gasteiger partial charge in [0.15, 0.2) is 11.6 Å². The maximum atomic E-state index is 11.1. The monoisotopic (exact) mass is 174 g/mol. The van der Waals surface area contributed by atoms with Crippen LogP contribution in [0.3, 0.4) is 0 Å². The maximum absolute atomic E-state index is 11.1. The first-order chi connectivity index (χ1) is 5.52. The standard InChI is InChI=1S/C6H14N4O2/c7-1-4(11)6(10,3-9)5(12)2-8/h1-3,7-10H2. The Labute approximate surface area is 70.2 Å². The number of hydrogen-bond donors (Lipinski definition) is 4. The van der Waals surface area contributed by atoms with Crippen molar-refractivity contribution in [1.29, 1.82) is 0 Å². The van der Waals surface area contributed by atoms with E-state index < -0.39 is 17.1 Å². The summed E-state index contributed by atoms with van der Waals surface area (Å²) in [5.74, 6) is -1.17. The van der Waals surface area contributed by atoms with Gasteiger partial charge in [-0.25, -0.2) is 0 Å². The number of carbonyl (C=O) groups is 2. The molecule has 6 nitrogen and oxygen atoms in total. The second-order valence-electron chi connectivity index (χ2n) is 2.43. The molecular weight excluding hydrogens is 160 g/mol. The van der Waals surface area contributed by atoms with Crippen LogP contribution in [0.15, 0.2) is 0 Å². The van der Waals surface area contributed by atoms with E-state index in [1.165, 1.54) is 0 Å². The smallest absolute Gasteiger partial charge is 0.175 e. The van der Waals surface area contributed by atoms with Gasteiger partial charge in [0.1, 0.15) is 5.54 Å². The van der Waals surface area contributed by atoms with Crippen molar-refractivity contribution in [3.8, 4) is 0 Å². The zero-order valence-corrected chi connectivity index (χ0v) is 6.75. The summed E-state index contributed by atoms with van der Waals surface area (Å²) in [5, 5.41) is 0. The highest BCUT2D eigenvalue weighted by Gasteiger charge is 2.37. The molecule has 0 rings (SSSR count). The lowest BCUT2D eigenvalue weighted by molar-refractivity contribution is -0.132. The van der Waals surface area contributed by atoms with E-state index in [0.717, 1.165) is 0 Å². The van der Waals surface area contributed by atoms with E-state index in [1.807, 2.05) is 0 Å². The zero-order valence-electron chi connectivity index (χ0n) is 6.75. The van der Waals surface area contributed by atoms with Crippen LogP contribution in [0.2, 0.25) is 0 Å². The third-order valence-electron chi connectivity index (χ3n) is 1.69. The second-order valence-corrected chi connectivity index (χ2v) is 2.43. The summed E-state index contributed by atoms with van der Waals surface area (Å²) in [4.78, 5) is 22.1. The highest BCUT2D eigenvalue weighted by atomic mass is 16.2. The molecule has 0 heterocycles. The molecule has 0 aliphatic heterocycles. The van der Waals surface area contributed by atoms with Crippen LogP contribution in [0.25, 0.3) is 0 Å². The van der Waals surface area contributed by atoms with Gasteiger partial charge in [0.05, 0.1) is 13.1 Å². The second kappa shape index (κ2) is 4.27. The van der Waals surface area contributed by atoms with Crippen molar-refractivity contribution in [1.82, 2.24) is 0 Å². The van der Waals surface area contributed by atoms with Gasteiger partial charge in [-0.15, -0.1) is 0 Å². The number of ketones is 2. The van der Waals surface area contributed by atoms with Crippen LogP contribution in [0, 0.1) is 0 Å². The number of rotatable bonds is 5. The molecule has 0 bridgehead atoms. The summed E-state index contributed by atoms with van der Waals surface area (Å²) in [6, 6.07) is 0. The molecule has 0 fully saturated rings. The first kappa shape index (κ1) is 11.2. The molecule has 0 radical (unpaired) electrons. The molecule has 0 aromatic rings. The van der Waals surface area contributed by atoms with E-state index in [9.17, 15) is 9.59 Å². The summed E-state index contributed by atoms with van der Waals surface area (Å²) in [5.41, 5.74) is 19.0. The minimum Gasteiger partial charge on any atom is -0.328 e. The lowest BCUT2D eigenvalue weighted by atomic mass is 9.90. The highest BCUT2D eigenvalue weighted by Crippen LogP contribution is 2.00. The van der Waals surface area contributed by atoms with Crippen LogP contribution in [-0.4, -0.2) is 36.7 Å². The molecule has 0 aliphatic carbocycles. The SMILES string of the molecule is NCC(=O)C(N)(CN)C(=O)CN. The third kappa shape index (κ3) is 1.86. The van der Waals surface area contributed by atoms with Crippen molar-refractivity contribution < 1.29 is 9.59 Å². The molecule has 0 unspecified atom stereocenters. The molecule has 0 aliphatic rings. The largest absolute Gasteiger partial charge is 0.328 e. The van der Waals surface area contributed by atoms with Gasteiger partial charge in [-0.3, -0.25) is 9.59 Å². The van der Waals surface area contributed by atoms with Crippen LogP contribution >= 0.6 is 0 Å². The van der Waals surface area contributed by atoms with E-state index in [0.29, 0.717) is 0 Å². The summed E-state index contributed by atoms with van der Waals surface area (Å²) < 4.78 is 0. The number of carbonyl (C=O) groups excluding carboxylic acids is 2. The molecule has 0 saturated carbocycles. The summed E-state index contributed by atoms with van der Waals surface area (Å²) in [7, 11) is 0. The molecule has 6 heteroatoms.